The van der Waals surface area contributed by atoms with E-state index < -0.39 is 0 Å². The SMILES string of the molecule is Cc1nn(C)cc1CNc1cccc(NN)n1. The van der Waals surface area contributed by atoms with Crippen molar-refractivity contribution in [3.05, 3.63) is 35.7 Å². The average Bonchev–Trinajstić information content (AvgIpc) is 2.65. The van der Waals surface area contributed by atoms with Crippen LogP contribution in [0.2, 0.25) is 0 Å². The molecule has 0 fully saturated rings. The molecule has 0 spiro atoms. The van der Waals surface area contributed by atoms with Crippen LogP contribution in [0.1, 0.15) is 11.3 Å². The summed E-state index contributed by atoms with van der Waals surface area (Å²) in [6.45, 7) is 2.68. The molecule has 0 unspecified atom stereocenters. The van der Waals surface area contributed by atoms with E-state index in [0.717, 1.165) is 17.1 Å². The maximum absolute atomic E-state index is 5.30. The first-order valence-corrected chi connectivity index (χ1v) is 5.35. The van der Waals surface area contributed by atoms with Crippen molar-refractivity contribution in [3.63, 3.8) is 0 Å². The highest BCUT2D eigenvalue weighted by molar-refractivity contribution is 5.44. The molecular formula is C11H16N6. The molecule has 0 atom stereocenters. The molecule has 6 heteroatoms. The molecule has 2 rings (SSSR count). The monoisotopic (exact) mass is 232 g/mol. The highest BCUT2D eigenvalue weighted by atomic mass is 15.3. The highest BCUT2D eigenvalue weighted by Gasteiger charge is 2.03. The first-order valence-electron chi connectivity index (χ1n) is 5.35. The summed E-state index contributed by atoms with van der Waals surface area (Å²) in [6, 6.07) is 5.59. The quantitative estimate of drug-likeness (QED) is 0.541. The molecule has 0 amide bonds. The molecule has 2 aromatic rings. The van der Waals surface area contributed by atoms with Crippen molar-refractivity contribution in [2.75, 3.05) is 10.7 Å². The smallest absolute Gasteiger partial charge is 0.142 e. The second kappa shape index (κ2) is 4.84. The number of hydrogen-bond donors (Lipinski definition) is 3. The number of nitrogens with one attached hydrogen (secondary N) is 2. The molecule has 0 radical (unpaired) electrons. The number of hydrogen-bond acceptors (Lipinski definition) is 5. The fraction of sp³-hybridized carbons (Fsp3) is 0.273. The molecule has 2 heterocycles. The molecule has 90 valence electrons. The van der Waals surface area contributed by atoms with Gasteiger partial charge in [-0.15, -0.1) is 0 Å². The summed E-state index contributed by atoms with van der Waals surface area (Å²) in [5.41, 5.74) is 4.69. The Morgan fingerprint density at radius 3 is 2.76 bits per heavy atom. The Bertz CT molecular complexity index is 504. The van der Waals surface area contributed by atoms with Gasteiger partial charge in [-0.1, -0.05) is 6.07 Å². The largest absolute Gasteiger partial charge is 0.366 e. The van der Waals surface area contributed by atoms with Crippen LogP contribution in [0.15, 0.2) is 24.4 Å². The molecule has 0 aliphatic heterocycles. The van der Waals surface area contributed by atoms with Crippen LogP contribution in [0.25, 0.3) is 0 Å². The van der Waals surface area contributed by atoms with Gasteiger partial charge >= 0.3 is 0 Å². The van der Waals surface area contributed by atoms with Crippen molar-refractivity contribution in [2.45, 2.75) is 13.5 Å². The maximum atomic E-state index is 5.30. The second-order valence-corrected chi connectivity index (χ2v) is 3.82. The maximum Gasteiger partial charge on any atom is 0.142 e. The van der Waals surface area contributed by atoms with Crippen molar-refractivity contribution in [1.82, 2.24) is 14.8 Å². The second-order valence-electron chi connectivity index (χ2n) is 3.82. The van der Waals surface area contributed by atoms with Gasteiger partial charge in [-0.25, -0.2) is 10.8 Å². The molecule has 0 aliphatic rings. The van der Waals surface area contributed by atoms with E-state index in [1.54, 1.807) is 10.7 Å². The van der Waals surface area contributed by atoms with E-state index in [-0.39, 0.29) is 0 Å². The standard InChI is InChI=1S/C11H16N6/c1-8-9(7-17(2)16-8)6-13-10-4-3-5-11(14-10)15-12/h3-5,7H,6,12H2,1-2H3,(H2,13,14,15). The molecule has 6 nitrogen and oxygen atoms in total. The number of anilines is 2. The van der Waals surface area contributed by atoms with E-state index in [2.05, 4.69) is 20.8 Å². The minimum absolute atomic E-state index is 0.637. The van der Waals surface area contributed by atoms with Crippen LogP contribution in [-0.4, -0.2) is 14.8 Å². The number of nitrogens with zero attached hydrogens (tertiary/aromatic N) is 3. The van der Waals surface area contributed by atoms with Gasteiger partial charge in [0, 0.05) is 25.4 Å². The molecule has 4 N–H and O–H groups in total. The Morgan fingerprint density at radius 1 is 1.35 bits per heavy atom. The van der Waals surface area contributed by atoms with Crippen molar-refractivity contribution in [3.8, 4) is 0 Å². The number of hydrazine groups is 1. The van der Waals surface area contributed by atoms with Gasteiger partial charge in [0.25, 0.3) is 0 Å². The van der Waals surface area contributed by atoms with Crippen molar-refractivity contribution >= 4 is 11.6 Å². The molecule has 17 heavy (non-hydrogen) atoms. The lowest BCUT2D eigenvalue weighted by Gasteiger charge is -2.06. The normalized spacial score (nSPS) is 10.3. The Balaban J connectivity index is 2.04. The fourth-order valence-corrected chi connectivity index (χ4v) is 1.62. The van der Waals surface area contributed by atoms with Crippen LogP contribution >= 0.6 is 0 Å². The van der Waals surface area contributed by atoms with Gasteiger partial charge in [-0.3, -0.25) is 4.68 Å². The van der Waals surface area contributed by atoms with Crippen molar-refractivity contribution in [1.29, 1.82) is 0 Å². The average molecular weight is 232 g/mol. The summed E-state index contributed by atoms with van der Waals surface area (Å²) >= 11 is 0. The van der Waals surface area contributed by atoms with Gasteiger partial charge in [0.1, 0.15) is 11.6 Å². The Labute approximate surface area is 99.8 Å². The number of nitrogens with two attached hydrogens (primary N) is 1. The van der Waals surface area contributed by atoms with Crippen LogP contribution in [0.3, 0.4) is 0 Å². The van der Waals surface area contributed by atoms with E-state index in [1.807, 2.05) is 32.3 Å². The van der Waals surface area contributed by atoms with Gasteiger partial charge < -0.3 is 10.7 Å². The zero-order valence-electron chi connectivity index (χ0n) is 9.94. The molecular weight excluding hydrogens is 216 g/mol. The third-order valence-corrected chi connectivity index (χ3v) is 2.47. The zero-order chi connectivity index (χ0) is 12.3. The minimum Gasteiger partial charge on any atom is -0.366 e. The van der Waals surface area contributed by atoms with Crippen LogP contribution in [-0.2, 0) is 13.6 Å². The third kappa shape index (κ3) is 2.73. The van der Waals surface area contributed by atoms with Crippen LogP contribution in [0, 0.1) is 6.92 Å². The van der Waals surface area contributed by atoms with E-state index in [9.17, 15) is 0 Å². The first-order chi connectivity index (χ1) is 8.19. The highest BCUT2D eigenvalue weighted by Crippen LogP contribution is 2.11. The zero-order valence-corrected chi connectivity index (χ0v) is 9.94. The lowest BCUT2D eigenvalue weighted by Crippen LogP contribution is -2.09. The van der Waals surface area contributed by atoms with Gasteiger partial charge in [0.2, 0.25) is 0 Å². The summed E-state index contributed by atoms with van der Waals surface area (Å²) in [5, 5.41) is 7.51. The van der Waals surface area contributed by atoms with Crippen LogP contribution in [0.5, 0.6) is 0 Å². The molecule has 0 bridgehead atoms. The summed E-state index contributed by atoms with van der Waals surface area (Å²) in [7, 11) is 1.91. The summed E-state index contributed by atoms with van der Waals surface area (Å²) < 4.78 is 1.80. The molecule has 0 aliphatic carbocycles. The molecule has 2 aromatic heterocycles. The first kappa shape index (κ1) is 11.4. The summed E-state index contributed by atoms with van der Waals surface area (Å²) in [4.78, 5) is 4.27. The number of rotatable bonds is 4. The van der Waals surface area contributed by atoms with Crippen LogP contribution in [0.4, 0.5) is 11.6 Å². The van der Waals surface area contributed by atoms with Crippen molar-refractivity contribution < 1.29 is 0 Å². The summed E-state index contributed by atoms with van der Waals surface area (Å²) in [5.74, 6) is 6.72. The molecule has 0 saturated carbocycles. The predicted octanol–water partition coefficient (Wildman–Crippen LogP) is 1.02. The van der Waals surface area contributed by atoms with Gasteiger partial charge in [0.05, 0.1) is 5.69 Å². The van der Waals surface area contributed by atoms with Gasteiger partial charge in [0.15, 0.2) is 0 Å². The Morgan fingerprint density at radius 2 is 2.12 bits per heavy atom. The van der Waals surface area contributed by atoms with E-state index >= 15 is 0 Å². The lowest BCUT2D eigenvalue weighted by atomic mass is 10.2. The number of aryl methyl sites for hydroxylation is 2. The molecule has 0 aromatic carbocycles. The fourth-order valence-electron chi connectivity index (χ4n) is 1.62. The molecule has 0 saturated heterocycles. The Kier molecular flexibility index (Phi) is 3.24. The lowest BCUT2D eigenvalue weighted by molar-refractivity contribution is 0.756. The van der Waals surface area contributed by atoms with E-state index in [0.29, 0.717) is 12.4 Å². The van der Waals surface area contributed by atoms with E-state index in [1.165, 1.54) is 0 Å². The van der Waals surface area contributed by atoms with Gasteiger partial charge in [-0.2, -0.15) is 5.10 Å². The summed E-state index contributed by atoms with van der Waals surface area (Å²) in [6.07, 6.45) is 1.99. The minimum atomic E-state index is 0.637. The topological polar surface area (TPSA) is 80.8 Å². The number of aromatic nitrogens is 3. The van der Waals surface area contributed by atoms with Crippen molar-refractivity contribution in [2.24, 2.45) is 12.9 Å². The number of nitrogen functional groups attached to an aromatic ring is 1. The predicted molar refractivity (Wildman–Crippen MR) is 67.3 cm³/mol. The van der Waals surface area contributed by atoms with E-state index in [4.69, 9.17) is 5.84 Å². The Hall–Kier alpha value is -2.08. The third-order valence-electron chi connectivity index (χ3n) is 2.47. The van der Waals surface area contributed by atoms with Crippen LogP contribution < -0.4 is 16.6 Å². The van der Waals surface area contributed by atoms with Gasteiger partial charge in [-0.05, 0) is 19.1 Å². The number of pyridine rings is 1.